The van der Waals surface area contributed by atoms with Crippen molar-refractivity contribution in [1.29, 1.82) is 0 Å². The molecule has 2 rings (SSSR count). The first-order valence-corrected chi connectivity index (χ1v) is 6.13. The Balaban J connectivity index is 1.97. The van der Waals surface area contributed by atoms with Gasteiger partial charge in [0.15, 0.2) is 5.96 Å². The molecule has 2 fully saturated rings. The molecule has 1 aliphatic carbocycles. The minimum Gasteiger partial charge on any atom is -0.377 e. The van der Waals surface area contributed by atoms with Crippen molar-refractivity contribution in [3.8, 4) is 12.3 Å². The number of rotatable bonds is 2. The minimum absolute atomic E-state index is 0.162. The Bertz CT molecular complexity index is 356. The summed E-state index contributed by atoms with van der Waals surface area (Å²) in [5.41, 5.74) is 0.162. The van der Waals surface area contributed by atoms with E-state index in [1.165, 1.54) is 0 Å². The quantitative estimate of drug-likeness (QED) is 0.418. The van der Waals surface area contributed by atoms with Crippen LogP contribution in [-0.2, 0) is 4.74 Å². The second kappa shape index (κ2) is 4.58. The van der Waals surface area contributed by atoms with E-state index in [0.717, 1.165) is 19.0 Å². The van der Waals surface area contributed by atoms with Crippen LogP contribution in [0.3, 0.4) is 0 Å². The predicted molar refractivity (Wildman–Crippen MR) is 68.7 cm³/mol. The van der Waals surface area contributed by atoms with E-state index in [1.807, 2.05) is 0 Å². The molecule has 2 N–H and O–H groups in total. The fraction of sp³-hybridized carbons (Fsp3) is 0.769. The number of hydrogen-bond donors (Lipinski definition) is 2. The Kier molecular flexibility index (Phi) is 3.30. The zero-order chi connectivity index (χ0) is 12.5. The van der Waals surface area contributed by atoms with Gasteiger partial charge in [0.2, 0.25) is 0 Å². The van der Waals surface area contributed by atoms with Crippen molar-refractivity contribution >= 4 is 5.96 Å². The van der Waals surface area contributed by atoms with Crippen molar-refractivity contribution in [2.75, 3.05) is 20.2 Å². The molecule has 0 amide bonds. The number of hydrogen-bond acceptors (Lipinski definition) is 2. The van der Waals surface area contributed by atoms with E-state index >= 15 is 0 Å². The lowest BCUT2D eigenvalue weighted by molar-refractivity contribution is -0.106. The monoisotopic (exact) mass is 235 g/mol. The van der Waals surface area contributed by atoms with E-state index in [4.69, 9.17) is 11.2 Å². The van der Waals surface area contributed by atoms with Crippen LogP contribution in [0.4, 0.5) is 0 Å². The highest BCUT2D eigenvalue weighted by Crippen LogP contribution is 2.51. The third-order valence-electron chi connectivity index (χ3n) is 3.97. The fourth-order valence-electron chi connectivity index (χ4n) is 3.09. The Hall–Kier alpha value is -1.21. The van der Waals surface area contributed by atoms with Crippen molar-refractivity contribution in [1.82, 2.24) is 10.6 Å². The Morgan fingerprint density at radius 1 is 1.59 bits per heavy atom. The molecule has 4 nitrogen and oxygen atoms in total. The first kappa shape index (κ1) is 12.3. The number of ether oxygens (including phenoxy) is 1. The van der Waals surface area contributed by atoms with Crippen molar-refractivity contribution in [2.45, 2.75) is 32.4 Å². The molecule has 1 heterocycles. The Morgan fingerprint density at radius 2 is 2.35 bits per heavy atom. The summed E-state index contributed by atoms with van der Waals surface area (Å²) in [6.07, 6.45) is 6.76. The van der Waals surface area contributed by atoms with Gasteiger partial charge in [0.1, 0.15) is 0 Å². The molecule has 3 atom stereocenters. The van der Waals surface area contributed by atoms with Gasteiger partial charge >= 0.3 is 0 Å². The maximum Gasteiger partial charge on any atom is 0.191 e. The van der Waals surface area contributed by atoms with Crippen LogP contribution >= 0.6 is 0 Å². The molecule has 0 radical (unpaired) electrons. The number of aliphatic imine (C=N–C) groups is 1. The average Bonchev–Trinajstić information content (AvgIpc) is 2.76. The lowest BCUT2D eigenvalue weighted by atomic mass is 9.57. The summed E-state index contributed by atoms with van der Waals surface area (Å²) in [5, 5.41) is 6.56. The predicted octanol–water partition coefficient (Wildman–Crippen LogP) is 0.598. The van der Waals surface area contributed by atoms with Crippen molar-refractivity contribution in [3.05, 3.63) is 0 Å². The standard InChI is InChI=1S/C13H21N3O/c1-5-7-15-12(14-4)16-10-9-6-8-17-11(9)13(10,2)3/h1,9-11H,6-8H2,2-4H3,(H2,14,15,16). The second-order valence-electron chi connectivity index (χ2n) is 5.32. The molecule has 17 heavy (non-hydrogen) atoms. The topological polar surface area (TPSA) is 45.7 Å². The van der Waals surface area contributed by atoms with E-state index in [-0.39, 0.29) is 5.41 Å². The van der Waals surface area contributed by atoms with Crippen LogP contribution in [0.1, 0.15) is 20.3 Å². The smallest absolute Gasteiger partial charge is 0.191 e. The molecular formula is C13H21N3O. The molecule has 3 unspecified atom stereocenters. The maximum absolute atomic E-state index is 5.76. The van der Waals surface area contributed by atoms with E-state index in [9.17, 15) is 0 Å². The minimum atomic E-state index is 0.162. The SMILES string of the molecule is C#CCNC(=NC)NC1C2CCOC2C1(C)C. The van der Waals surface area contributed by atoms with Crippen LogP contribution in [0.15, 0.2) is 4.99 Å². The lowest BCUT2D eigenvalue weighted by Crippen LogP contribution is -2.67. The average molecular weight is 235 g/mol. The van der Waals surface area contributed by atoms with Gasteiger partial charge in [-0.1, -0.05) is 19.8 Å². The van der Waals surface area contributed by atoms with E-state index in [1.54, 1.807) is 7.05 Å². The third-order valence-corrected chi connectivity index (χ3v) is 3.97. The summed E-state index contributed by atoms with van der Waals surface area (Å²) in [4.78, 5) is 4.19. The Morgan fingerprint density at radius 3 is 3.00 bits per heavy atom. The van der Waals surface area contributed by atoms with Crippen LogP contribution in [0, 0.1) is 23.7 Å². The highest BCUT2D eigenvalue weighted by Gasteiger charge is 2.59. The van der Waals surface area contributed by atoms with Crippen molar-refractivity contribution in [2.24, 2.45) is 16.3 Å². The number of nitrogens with one attached hydrogen (secondary N) is 2. The number of fused-ring (bicyclic) bond motifs is 1. The van der Waals surface area contributed by atoms with Gasteiger partial charge in [0.25, 0.3) is 0 Å². The summed E-state index contributed by atoms with van der Waals surface area (Å²) < 4.78 is 5.76. The Labute approximate surface area is 103 Å². The molecule has 94 valence electrons. The fourth-order valence-corrected chi connectivity index (χ4v) is 3.09. The van der Waals surface area contributed by atoms with E-state index in [0.29, 0.717) is 24.6 Å². The molecule has 0 aromatic heterocycles. The van der Waals surface area contributed by atoms with Crippen LogP contribution in [0.2, 0.25) is 0 Å². The molecule has 1 aliphatic heterocycles. The zero-order valence-electron chi connectivity index (χ0n) is 10.8. The normalized spacial score (nSPS) is 34.5. The first-order valence-electron chi connectivity index (χ1n) is 6.13. The molecule has 2 aliphatic rings. The molecule has 1 saturated heterocycles. The second-order valence-corrected chi connectivity index (χ2v) is 5.32. The largest absolute Gasteiger partial charge is 0.377 e. The van der Waals surface area contributed by atoms with Gasteiger partial charge in [-0.25, -0.2) is 0 Å². The maximum atomic E-state index is 5.76. The van der Waals surface area contributed by atoms with Crippen LogP contribution in [0.5, 0.6) is 0 Å². The third kappa shape index (κ3) is 2.00. The molecule has 4 heteroatoms. The highest BCUT2D eigenvalue weighted by molar-refractivity contribution is 5.80. The van der Waals surface area contributed by atoms with Crippen molar-refractivity contribution < 1.29 is 4.74 Å². The first-order chi connectivity index (χ1) is 8.11. The summed E-state index contributed by atoms with van der Waals surface area (Å²) >= 11 is 0. The summed E-state index contributed by atoms with van der Waals surface area (Å²) in [6.45, 7) is 5.86. The number of guanidine groups is 1. The van der Waals surface area contributed by atoms with E-state index in [2.05, 4.69) is 35.4 Å². The zero-order valence-corrected chi connectivity index (χ0v) is 10.8. The van der Waals surface area contributed by atoms with Gasteiger partial charge < -0.3 is 15.4 Å². The van der Waals surface area contributed by atoms with Gasteiger partial charge in [-0.3, -0.25) is 4.99 Å². The van der Waals surface area contributed by atoms with Gasteiger partial charge in [-0.2, -0.15) is 0 Å². The van der Waals surface area contributed by atoms with Gasteiger partial charge in [-0.15, -0.1) is 6.42 Å². The van der Waals surface area contributed by atoms with Crippen LogP contribution in [0.25, 0.3) is 0 Å². The van der Waals surface area contributed by atoms with Gasteiger partial charge in [0, 0.05) is 31.0 Å². The molecule has 0 aromatic carbocycles. The summed E-state index contributed by atoms with van der Waals surface area (Å²) in [5.74, 6) is 3.94. The van der Waals surface area contributed by atoms with E-state index < -0.39 is 0 Å². The molecule has 0 aromatic rings. The lowest BCUT2D eigenvalue weighted by Gasteiger charge is -2.54. The molecule has 1 saturated carbocycles. The van der Waals surface area contributed by atoms with Gasteiger partial charge in [-0.05, 0) is 6.42 Å². The van der Waals surface area contributed by atoms with Crippen LogP contribution < -0.4 is 10.6 Å². The summed E-state index contributed by atoms with van der Waals surface area (Å²) in [6, 6.07) is 0.416. The molecular weight excluding hydrogens is 214 g/mol. The number of terminal acetylenes is 1. The number of nitrogens with zero attached hydrogens (tertiary/aromatic N) is 1. The summed E-state index contributed by atoms with van der Waals surface area (Å²) in [7, 11) is 1.76. The molecule has 0 bridgehead atoms. The molecule has 0 spiro atoms. The van der Waals surface area contributed by atoms with Gasteiger partial charge in [0.05, 0.1) is 12.6 Å². The van der Waals surface area contributed by atoms with Crippen molar-refractivity contribution in [3.63, 3.8) is 0 Å². The highest BCUT2D eigenvalue weighted by atomic mass is 16.5. The van der Waals surface area contributed by atoms with Crippen LogP contribution in [-0.4, -0.2) is 38.3 Å².